The predicted octanol–water partition coefficient (Wildman–Crippen LogP) is 2.88. The summed E-state index contributed by atoms with van der Waals surface area (Å²) in [6, 6.07) is 0. The Kier molecular flexibility index (Phi) is 10.9. The molecule has 1 saturated carbocycles. The molecule has 9 heteroatoms. The van der Waals surface area contributed by atoms with Gasteiger partial charge in [-0.15, -0.1) is 48.6 Å². The van der Waals surface area contributed by atoms with Crippen LogP contribution in [0.1, 0.15) is 36.4 Å². The highest BCUT2D eigenvalue weighted by Gasteiger charge is 2.42. The standard InChI is InChI=1S/C16H26N4OS.3ClH/c1-13-18-14(11-22-13)10-19-6-8-20(9-7-19)15(21)16(12-17)4-2-3-5-16;;;/h11H,2-10,12,17H2,1H3;3*1H. The molecule has 25 heavy (non-hydrogen) atoms. The third kappa shape index (κ3) is 5.68. The zero-order valence-electron chi connectivity index (χ0n) is 14.6. The molecular formula is C16H29Cl3N4OS. The van der Waals surface area contributed by atoms with Crippen LogP contribution in [-0.4, -0.2) is 53.4 Å². The second kappa shape index (κ2) is 10.9. The highest BCUT2D eigenvalue weighted by atomic mass is 35.5. The highest BCUT2D eigenvalue weighted by Crippen LogP contribution is 2.39. The number of carbonyl (C=O) groups is 1. The van der Waals surface area contributed by atoms with Crippen molar-refractivity contribution in [3.8, 4) is 0 Å². The monoisotopic (exact) mass is 430 g/mol. The molecule has 0 unspecified atom stereocenters. The average molecular weight is 432 g/mol. The number of hydrogen-bond donors (Lipinski definition) is 1. The van der Waals surface area contributed by atoms with E-state index in [1.165, 1.54) is 0 Å². The van der Waals surface area contributed by atoms with E-state index in [4.69, 9.17) is 5.73 Å². The zero-order valence-corrected chi connectivity index (χ0v) is 17.9. The van der Waals surface area contributed by atoms with E-state index >= 15 is 0 Å². The van der Waals surface area contributed by atoms with Gasteiger partial charge in [0.05, 0.1) is 16.1 Å². The Morgan fingerprint density at radius 2 is 1.80 bits per heavy atom. The third-order valence-electron chi connectivity index (χ3n) is 5.12. The summed E-state index contributed by atoms with van der Waals surface area (Å²) in [5.41, 5.74) is 6.84. The molecule has 0 atom stereocenters. The Balaban J connectivity index is 0.00000192. The van der Waals surface area contributed by atoms with E-state index in [0.717, 1.165) is 69.1 Å². The summed E-state index contributed by atoms with van der Waals surface area (Å²) < 4.78 is 0. The van der Waals surface area contributed by atoms with Crippen molar-refractivity contribution in [3.05, 3.63) is 16.1 Å². The van der Waals surface area contributed by atoms with Gasteiger partial charge in [-0.05, 0) is 19.8 Å². The smallest absolute Gasteiger partial charge is 0.230 e. The molecule has 5 nitrogen and oxygen atoms in total. The van der Waals surface area contributed by atoms with E-state index < -0.39 is 0 Å². The molecule has 0 spiro atoms. The van der Waals surface area contributed by atoms with Crippen LogP contribution in [0.5, 0.6) is 0 Å². The Labute approximate surface area is 173 Å². The molecule has 1 saturated heterocycles. The van der Waals surface area contributed by atoms with E-state index in [9.17, 15) is 4.79 Å². The number of nitrogens with two attached hydrogens (primary N) is 1. The molecule has 2 fully saturated rings. The fourth-order valence-corrected chi connectivity index (χ4v) is 4.32. The molecule has 1 amide bonds. The molecule has 1 aliphatic carbocycles. The summed E-state index contributed by atoms with van der Waals surface area (Å²) in [4.78, 5) is 21.8. The maximum Gasteiger partial charge on any atom is 0.230 e. The number of aryl methyl sites for hydroxylation is 1. The van der Waals surface area contributed by atoms with Crippen LogP contribution in [0.15, 0.2) is 5.38 Å². The molecule has 0 radical (unpaired) electrons. The van der Waals surface area contributed by atoms with Crippen molar-refractivity contribution in [3.63, 3.8) is 0 Å². The summed E-state index contributed by atoms with van der Waals surface area (Å²) in [7, 11) is 0. The number of piperazine rings is 1. The molecule has 0 aromatic carbocycles. The van der Waals surface area contributed by atoms with Crippen LogP contribution in [0.25, 0.3) is 0 Å². The molecule has 2 aliphatic rings. The van der Waals surface area contributed by atoms with Crippen LogP contribution < -0.4 is 5.73 Å². The number of halogens is 3. The minimum absolute atomic E-state index is 0. The molecule has 3 rings (SSSR count). The van der Waals surface area contributed by atoms with Gasteiger partial charge in [0.1, 0.15) is 0 Å². The van der Waals surface area contributed by atoms with E-state index in [1.807, 2.05) is 11.8 Å². The molecule has 2 heterocycles. The molecule has 1 aliphatic heterocycles. The molecule has 1 aromatic rings. The van der Waals surface area contributed by atoms with Crippen LogP contribution in [0.4, 0.5) is 0 Å². The average Bonchev–Trinajstić information content (AvgIpc) is 3.17. The minimum atomic E-state index is -0.256. The van der Waals surface area contributed by atoms with Crippen LogP contribution in [-0.2, 0) is 11.3 Å². The van der Waals surface area contributed by atoms with Gasteiger partial charge in [-0.1, -0.05) is 12.8 Å². The Morgan fingerprint density at radius 1 is 1.20 bits per heavy atom. The lowest BCUT2D eigenvalue weighted by Gasteiger charge is -2.39. The van der Waals surface area contributed by atoms with Gasteiger partial charge in [-0.25, -0.2) is 4.98 Å². The topological polar surface area (TPSA) is 62.5 Å². The first kappa shape index (κ1) is 24.9. The first-order valence-corrected chi connectivity index (χ1v) is 9.14. The first-order chi connectivity index (χ1) is 10.6. The largest absolute Gasteiger partial charge is 0.340 e. The van der Waals surface area contributed by atoms with Crippen LogP contribution in [0.2, 0.25) is 0 Å². The van der Waals surface area contributed by atoms with Gasteiger partial charge in [0.25, 0.3) is 0 Å². The van der Waals surface area contributed by atoms with E-state index in [1.54, 1.807) is 11.3 Å². The number of aromatic nitrogens is 1. The van der Waals surface area contributed by atoms with Crippen molar-refractivity contribution in [1.82, 2.24) is 14.8 Å². The quantitative estimate of drug-likeness (QED) is 0.796. The second-order valence-electron chi connectivity index (χ2n) is 6.62. The van der Waals surface area contributed by atoms with Crippen molar-refractivity contribution >= 4 is 54.5 Å². The van der Waals surface area contributed by atoms with Gasteiger partial charge < -0.3 is 10.6 Å². The van der Waals surface area contributed by atoms with Crippen molar-refractivity contribution < 1.29 is 4.79 Å². The fourth-order valence-electron chi connectivity index (χ4n) is 3.71. The summed E-state index contributed by atoms with van der Waals surface area (Å²) in [6.07, 6.45) is 4.24. The molecule has 0 bridgehead atoms. The third-order valence-corrected chi connectivity index (χ3v) is 5.94. The zero-order chi connectivity index (χ0) is 15.6. The van der Waals surface area contributed by atoms with Crippen molar-refractivity contribution in [2.24, 2.45) is 11.1 Å². The molecular weight excluding hydrogens is 403 g/mol. The molecule has 146 valence electrons. The van der Waals surface area contributed by atoms with Gasteiger partial charge in [0, 0.05) is 44.6 Å². The lowest BCUT2D eigenvalue weighted by atomic mass is 9.84. The molecule has 1 aromatic heterocycles. The van der Waals surface area contributed by atoms with Crippen molar-refractivity contribution in [2.75, 3.05) is 32.7 Å². The maximum absolute atomic E-state index is 12.8. The van der Waals surface area contributed by atoms with Gasteiger partial charge in [-0.2, -0.15) is 0 Å². The number of rotatable bonds is 4. The van der Waals surface area contributed by atoms with Crippen molar-refractivity contribution in [1.29, 1.82) is 0 Å². The van der Waals surface area contributed by atoms with Crippen LogP contribution in [0, 0.1) is 12.3 Å². The normalized spacial score (nSPS) is 19.5. The summed E-state index contributed by atoms with van der Waals surface area (Å²) in [5, 5.41) is 3.25. The van der Waals surface area contributed by atoms with E-state index in [2.05, 4.69) is 15.3 Å². The SMILES string of the molecule is Cc1nc(CN2CCN(C(=O)C3(CN)CCCC3)CC2)cs1.Cl.Cl.Cl. The van der Waals surface area contributed by atoms with E-state index in [0.29, 0.717) is 12.5 Å². The summed E-state index contributed by atoms with van der Waals surface area (Å²) in [5.74, 6) is 0.302. The Morgan fingerprint density at radius 3 is 2.28 bits per heavy atom. The second-order valence-corrected chi connectivity index (χ2v) is 7.68. The minimum Gasteiger partial charge on any atom is -0.340 e. The summed E-state index contributed by atoms with van der Waals surface area (Å²) >= 11 is 1.70. The lowest BCUT2D eigenvalue weighted by Crippen LogP contribution is -2.54. The number of amides is 1. The number of carbonyl (C=O) groups excluding carboxylic acids is 1. The first-order valence-electron chi connectivity index (χ1n) is 8.26. The Bertz CT molecular complexity index is 529. The van der Waals surface area contributed by atoms with Gasteiger partial charge in [0.2, 0.25) is 5.91 Å². The van der Waals surface area contributed by atoms with Crippen molar-refractivity contribution in [2.45, 2.75) is 39.2 Å². The highest BCUT2D eigenvalue weighted by molar-refractivity contribution is 7.09. The number of hydrogen-bond acceptors (Lipinski definition) is 5. The van der Waals surface area contributed by atoms with Gasteiger partial charge >= 0.3 is 0 Å². The fraction of sp³-hybridized carbons (Fsp3) is 0.750. The number of nitrogens with zero attached hydrogens (tertiary/aromatic N) is 3. The van der Waals surface area contributed by atoms with E-state index in [-0.39, 0.29) is 42.6 Å². The van der Waals surface area contributed by atoms with Crippen LogP contribution in [0.3, 0.4) is 0 Å². The predicted molar refractivity (Wildman–Crippen MR) is 110 cm³/mol. The lowest BCUT2D eigenvalue weighted by molar-refractivity contribution is -0.143. The summed E-state index contributed by atoms with van der Waals surface area (Å²) in [6.45, 7) is 6.95. The van der Waals surface area contributed by atoms with Gasteiger partial charge in [-0.3, -0.25) is 9.69 Å². The molecule has 2 N–H and O–H groups in total. The van der Waals surface area contributed by atoms with Crippen LogP contribution >= 0.6 is 48.6 Å². The van der Waals surface area contributed by atoms with Gasteiger partial charge in [0.15, 0.2) is 0 Å². The number of thiazole rings is 1. The Hall–Kier alpha value is -0.110. The maximum atomic E-state index is 12.8.